The van der Waals surface area contributed by atoms with Crippen LogP contribution in [-0.2, 0) is 29.2 Å². The van der Waals surface area contributed by atoms with E-state index in [4.69, 9.17) is 9.47 Å². The maximum atomic E-state index is 12.2. The van der Waals surface area contributed by atoms with E-state index >= 15 is 0 Å². The van der Waals surface area contributed by atoms with Crippen molar-refractivity contribution in [3.8, 4) is 0 Å². The molecule has 2 radical (unpaired) electrons. The number of hydrogen-bond acceptors (Lipinski definition) is 6. The van der Waals surface area contributed by atoms with Crippen LogP contribution in [0, 0.1) is 11.8 Å². The fraction of sp³-hybridized carbons (Fsp3) is 0.900. The van der Waals surface area contributed by atoms with Gasteiger partial charge in [-0.15, -0.1) is 34.0 Å². The molecule has 0 fully saturated rings. The molecule has 0 rings (SSSR count). The predicted molar refractivity (Wildman–Crippen MR) is 145 cm³/mol. The maximum absolute atomic E-state index is 12.2. The number of ether oxygens (including phenoxy) is 2. The molecule has 0 aliphatic heterocycles. The van der Waals surface area contributed by atoms with E-state index in [2.05, 4.69) is 13.8 Å². The molecule has 0 spiro atoms. The summed E-state index contributed by atoms with van der Waals surface area (Å²) in [5.41, 5.74) is 0. The first-order valence-electron chi connectivity index (χ1n) is 10.5. The molecule has 190 valence electrons. The Morgan fingerprint density at radius 1 is 0.844 bits per heavy atom. The monoisotopic (exact) mass is 728 g/mol. The fourth-order valence-corrected chi connectivity index (χ4v) is 3.48. The van der Waals surface area contributed by atoms with Crippen LogP contribution >= 0.6 is 34.0 Å². The zero-order valence-electron chi connectivity index (χ0n) is 19.3. The third-order valence-corrected chi connectivity index (χ3v) is 6.08. The zero-order chi connectivity index (χ0) is 21.6. The molecule has 0 bridgehead atoms. The second-order valence-electron chi connectivity index (χ2n) is 7.35. The zero-order valence-corrected chi connectivity index (χ0v) is 27.6. The van der Waals surface area contributed by atoms with E-state index in [0.717, 1.165) is 51.4 Å². The van der Waals surface area contributed by atoms with Gasteiger partial charge in [0.05, 0.1) is 19.6 Å². The predicted octanol–water partition coefficient (Wildman–Crippen LogP) is 3.74. The molecule has 0 amide bonds. The Morgan fingerprint density at radius 3 is 1.59 bits per heavy atom. The van der Waals surface area contributed by atoms with E-state index in [1.165, 1.54) is 0 Å². The van der Waals surface area contributed by atoms with E-state index in [0.29, 0.717) is 0 Å². The molecule has 0 heterocycles. The summed E-state index contributed by atoms with van der Waals surface area (Å²) in [6.45, 7) is 8.35. The molecule has 7 nitrogen and oxygen atoms in total. The first-order valence-corrected chi connectivity index (χ1v) is 12.0. The molecule has 0 aromatic heterocycles. The third-order valence-electron chi connectivity index (χ3n) is 5.00. The Labute approximate surface area is 254 Å². The summed E-state index contributed by atoms with van der Waals surface area (Å²) in [4.78, 5) is 24.2. The van der Waals surface area contributed by atoms with Gasteiger partial charge in [0.15, 0.2) is 5.25 Å². The number of carbonyl (C=O) groups is 2. The summed E-state index contributed by atoms with van der Waals surface area (Å²) in [5, 5.41) is -1.95. The summed E-state index contributed by atoms with van der Waals surface area (Å²) in [6, 6.07) is 0. The van der Waals surface area contributed by atoms with Crippen molar-refractivity contribution in [2.24, 2.45) is 11.8 Å². The first-order chi connectivity index (χ1) is 13.2. The topological polar surface area (TPSA) is 107 Å². The molecule has 32 heavy (non-hydrogen) atoms. The summed E-state index contributed by atoms with van der Waals surface area (Å²) in [6.07, 6.45) is 6.74. The van der Waals surface area contributed by atoms with Crippen molar-refractivity contribution in [3.63, 3.8) is 0 Å². The number of unbranched alkanes of at least 4 members (excludes halogenated alkanes) is 2. The van der Waals surface area contributed by atoms with E-state index in [1.54, 1.807) is 0 Å². The Hall–Kier alpha value is 1.61. The SMILES string of the molecule is Br.Br.CCCCC(CC)COC(=O)CC(C(=O)OCC(CC)CCCC)S(=O)(=O)O.[NaH].[SnH2]. The number of halogens is 2. The standard InChI is InChI=1S/C20H38O7S.2BrH.Na.Sn.3H/c1-5-9-11-16(7-3)14-26-19(21)13-18(28(23,24)25)20(22)27-15-17(8-4)12-10-6-2;;;;;;;/h16-18H,5-15H2,1-4H3,(H,23,24,25);2*1H;;;;;. The van der Waals surface area contributed by atoms with Crippen molar-refractivity contribution in [1.82, 2.24) is 0 Å². The molecule has 0 aromatic rings. The van der Waals surface area contributed by atoms with Crippen LogP contribution in [0.15, 0.2) is 0 Å². The van der Waals surface area contributed by atoms with Gasteiger partial charge in [-0.25, -0.2) is 0 Å². The minimum absolute atomic E-state index is 0. The van der Waals surface area contributed by atoms with E-state index < -0.39 is 33.7 Å². The molecule has 3 unspecified atom stereocenters. The molecule has 0 aliphatic rings. The molecule has 0 saturated heterocycles. The van der Waals surface area contributed by atoms with Gasteiger partial charge in [-0.1, -0.05) is 66.2 Å². The number of rotatable bonds is 16. The second-order valence-corrected chi connectivity index (χ2v) is 8.95. The molecular weight excluding hydrogens is 686 g/mol. The van der Waals surface area contributed by atoms with Crippen LogP contribution in [0.4, 0.5) is 0 Å². The van der Waals surface area contributed by atoms with Gasteiger partial charge in [0, 0.05) is 0 Å². The van der Waals surface area contributed by atoms with E-state index in [-0.39, 0.29) is 112 Å². The van der Waals surface area contributed by atoms with Crippen LogP contribution in [-0.4, -0.2) is 96.8 Å². The number of carbonyl (C=O) groups excluding carboxylic acids is 2. The molecule has 0 aliphatic carbocycles. The van der Waals surface area contributed by atoms with Gasteiger partial charge < -0.3 is 9.47 Å². The van der Waals surface area contributed by atoms with Crippen LogP contribution in [0.1, 0.15) is 85.5 Å². The number of esters is 2. The van der Waals surface area contributed by atoms with Crippen LogP contribution < -0.4 is 0 Å². The van der Waals surface area contributed by atoms with E-state index in [9.17, 15) is 22.6 Å². The van der Waals surface area contributed by atoms with Crippen molar-refractivity contribution in [2.75, 3.05) is 13.2 Å². The minimum atomic E-state index is -4.76. The van der Waals surface area contributed by atoms with Gasteiger partial charge >= 0.3 is 65.4 Å². The van der Waals surface area contributed by atoms with E-state index in [1.807, 2.05) is 13.8 Å². The summed E-state index contributed by atoms with van der Waals surface area (Å²) < 4.78 is 42.8. The van der Waals surface area contributed by atoms with Crippen molar-refractivity contribution in [2.45, 2.75) is 90.7 Å². The van der Waals surface area contributed by atoms with Crippen molar-refractivity contribution in [3.05, 3.63) is 0 Å². The van der Waals surface area contributed by atoms with Crippen molar-refractivity contribution < 1.29 is 32.0 Å². The molecular formula is C20H43Br2NaO7SSn. The van der Waals surface area contributed by atoms with Gasteiger partial charge in [-0.05, 0) is 24.7 Å². The number of hydrogen-bond donors (Lipinski definition) is 1. The van der Waals surface area contributed by atoms with Gasteiger partial charge in [0.2, 0.25) is 0 Å². The average molecular weight is 729 g/mol. The van der Waals surface area contributed by atoms with Crippen molar-refractivity contribution >= 4 is 109 Å². The summed E-state index contributed by atoms with van der Waals surface area (Å²) in [5.74, 6) is -1.61. The quantitative estimate of drug-likeness (QED) is 0.147. The van der Waals surface area contributed by atoms with Crippen LogP contribution in [0.25, 0.3) is 0 Å². The first kappa shape index (κ1) is 43.7. The van der Waals surface area contributed by atoms with Crippen LogP contribution in [0.2, 0.25) is 0 Å². The molecule has 1 N–H and O–H groups in total. The normalized spacial score (nSPS) is 13.0. The van der Waals surface area contributed by atoms with Crippen molar-refractivity contribution in [1.29, 1.82) is 0 Å². The Bertz CT molecular complexity index is 568. The third kappa shape index (κ3) is 20.9. The fourth-order valence-electron chi connectivity index (χ4n) is 2.82. The second kappa shape index (κ2) is 25.7. The summed E-state index contributed by atoms with van der Waals surface area (Å²) >= 11 is 0. The van der Waals surface area contributed by atoms with Crippen LogP contribution in [0.5, 0.6) is 0 Å². The molecule has 0 aromatic carbocycles. The Kier molecular flexibility index (Phi) is 35.1. The molecule has 12 heteroatoms. The average Bonchev–Trinajstić information content (AvgIpc) is 2.65. The molecule has 0 saturated carbocycles. The molecule has 3 atom stereocenters. The van der Waals surface area contributed by atoms with Gasteiger partial charge in [0.1, 0.15) is 0 Å². The van der Waals surface area contributed by atoms with Gasteiger partial charge in [-0.2, -0.15) is 8.42 Å². The Morgan fingerprint density at radius 2 is 1.25 bits per heavy atom. The summed E-state index contributed by atoms with van der Waals surface area (Å²) in [7, 11) is -4.76. The van der Waals surface area contributed by atoms with Gasteiger partial charge in [0.25, 0.3) is 10.1 Å². The Balaban J connectivity index is -0.000000607. The van der Waals surface area contributed by atoms with Gasteiger partial charge in [-0.3, -0.25) is 14.1 Å². The van der Waals surface area contributed by atoms with Crippen LogP contribution in [0.3, 0.4) is 0 Å².